The van der Waals surface area contributed by atoms with Crippen LogP contribution < -0.4 is 11.3 Å². The second-order valence-electron chi connectivity index (χ2n) is 5.51. The first-order valence-electron chi connectivity index (χ1n) is 7.27. The molecule has 10 heteroatoms. The van der Waals surface area contributed by atoms with Crippen LogP contribution in [0.1, 0.15) is 19.6 Å². The molecule has 23 heavy (non-hydrogen) atoms. The average molecular weight is 325 g/mol. The van der Waals surface area contributed by atoms with Gasteiger partial charge in [0.05, 0.1) is 26.1 Å². The highest BCUT2D eigenvalue weighted by atomic mass is 16.6. The number of imidazole rings is 1. The second-order valence-corrected chi connectivity index (χ2v) is 5.51. The number of anilines is 1. The molecule has 1 aliphatic heterocycles. The molecule has 0 unspecified atom stereocenters. The zero-order valence-corrected chi connectivity index (χ0v) is 12.6. The van der Waals surface area contributed by atoms with Crippen LogP contribution >= 0.6 is 0 Å². The van der Waals surface area contributed by atoms with E-state index in [2.05, 4.69) is 15.0 Å². The number of ether oxygens (including phenoxy) is 2. The summed E-state index contributed by atoms with van der Waals surface area (Å²) in [7, 11) is 0. The molecule has 0 amide bonds. The van der Waals surface area contributed by atoms with Crippen LogP contribution in [-0.4, -0.2) is 61.3 Å². The number of nitrogens with one attached hydrogen (secondary N) is 1. The van der Waals surface area contributed by atoms with Crippen LogP contribution in [0.25, 0.3) is 11.2 Å². The molecule has 2 aromatic rings. The van der Waals surface area contributed by atoms with Gasteiger partial charge in [-0.05, 0) is 6.42 Å². The van der Waals surface area contributed by atoms with Gasteiger partial charge in [-0.15, -0.1) is 0 Å². The highest BCUT2D eigenvalue weighted by molar-refractivity contribution is 5.70. The first-order valence-corrected chi connectivity index (χ1v) is 7.27. The summed E-state index contributed by atoms with van der Waals surface area (Å²) in [5.41, 5.74) is 4.34. The van der Waals surface area contributed by atoms with Crippen LogP contribution in [0, 0.1) is 0 Å². The van der Waals surface area contributed by atoms with Crippen molar-refractivity contribution in [1.29, 1.82) is 0 Å². The number of aliphatic hydroxyl groups excluding tert-OH is 2. The standard InChI is InChI=1S/C13H19N5O5/c1-2-8(23-13(4-19)5-22-3-7(13)20)18-6-15-9-10(18)16-12(14)17-11(9)21/h6-8,19-20H,2-5H2,1H3,(H3,14,16,17,21)/t7-,8+,13-/m0/s1. The minimum absolute atomic E-state index is 0.0276. The molecule has 0 aliphatic carbocycles. The van der Waals surface area contributed by atoms with Gasteiger partial charge in [0.2, 0.25) is 5.95 Å². The zero-order chi connectivity index (χ0) is 16.6. The Kier molecular flexibility index (Phi) is 4.06. The summed E-state index contributed by atoms with van der Waals surface area (Å²) < 4.78 is 12.7. The maximum Gasteiger partial charge on any atom is 0.280 e. The third-order valence-electron chi connectivity index (χ3n) is 3.98. The number of fused-ring (bicyclic) bond motifs is 1. The van der Waals surface area contributed by atoms with Gasteiger partial charge in [-0.25, -0.2) is 4.98 Å². The molecule has 1 saturated heterocycles. The van der Waals surface area contributed by atoms with Crippen molar-refractivity contribution < 1.29 is 19.7 Å². The number of aromatic nitrogens is 4. The number of hydrogen-bond acceptors (Lipinski definition) is 8. The Morgan fingerprint density at radius 1 is 1.70 bits per heavy atom. The summed E-state index contributed by atoms with van der Waals surface area (Å²) >= 11 is 0. The molecular weight excluding hydrogens is 306 g/mol. The summed E-state index contributed by atoms with van der Waals surface area (Å²) in [5.74, 6) is -0.0276. The van der Waals surface area contributed by atoms with E-state index in [0.717, 1.165) is 0 Å². The fourth-order valence-electron chi connectivity index (χ4n) is 2.65. The quantitative estimate of drug-likeness (QED) is 0.533. The second kappa shape index (κ2) is 5.89. The van der Waals surface area contributed by atoms with Crippen LogP contribution in [0.2, 0.25) is 0 Å². The largest absolute Gasteiger partial charge is 0.393 e. The van der Waals surface area contributed by atoms with E-state index in [-0.39, 0.29) is 30.3 Å². The van der Waals surface area contributed by atoms with E-state index in [9.17, 15) is 15.0 Å². The lowest BCUT2D eigenvalue weighted by Gasteiger charge is -2.33. The van der Waals surface area contributed by atoms with Crippen molar-refractivity contribution in [2.75, 3.05) is 25.6 Å². The van der Waals surface area contributed by atoms with Crippen LogP contribution in [0.5, 0.6) is 0 Å². The van der Waals surface area contributed by atoms with E-state index in [4.69, 9.17) is 15.2 Å². The molecule has 126 valence electrons. The van der Waals surface area contributed by atoms with Crippen molar-refractivity contribution in [3.8, 4) is 0 Å². The molecule has 0 saturated carbocycles. The minimum Gasteiger partial charge on any atom is -0.393 e. The van der Waals surface area contributed by atoms with E-state index in [0.29, 0.717) is 6.42 Å². The molecule has 0 spiro atoms. The summed E-state index contributed by atoms with van der Waals surface area (Å²) in [6.07, 6.45) is 0.372. The first kappa shape index (κ1) is 15.9. The number of hydrogen-bond donors (Lipinski definition) is 4. The van der Waals surface area contributed by atoms with Gasteiger partial charge in [0.1, 0.15) is 17.9 Å². The van der Waals surface area contributed by atoms with E-state index in [1.807, 2.05) is 6.92 Å². The Morgan fingerprint density at radius 3 is 3.09 bits per heavy atom. The predicted octanol–water partition coefficient (Wildman–Crippen LogP) is -1.25. The third-order valence-corrected chi connectivity index (χ3v) is 3.98. The lowest BCUT2D eigenvalue weighted by Crippen LogP contribution is -2.49. The number of rotatable bonds is 5. The summed E-state index contributed by atoms with van der Waals surface area (Å²) in [5, 5.41) is 19.7. The fraction of sp³-hybridized carbons (Fsp3) is 0.615. The SMILES string of the molecule is CC[C@@H](O[C@@]1(CO)COC[C@@H]1O)n1cnc2c(=O)[nH]c(N)nc21. The molecule has 2 aromatic heterocycles. The number of aromatic amines is 1. The van der Waals surface area contributed by atoms with Crippen molar-refractivity contribution in [2.45, 2.75) is 31.3 Å². The highest BCUT2D eigenvalue weighted by Crippen LogP contribution is 2.30. The third kappa shape index (κ3) is 2.59. The monoisotopic (exact) mass is 325 g/mol. The van der Waals surface area contributed by atoms with Crippen molar-refractivity contribution in [2.24, 2.45) is 0 Å². The number of nitrogens with zero attached hydrogens (tertiary/aromatic N) is 3. The van der Waals surface area contributed by atoms with Crippen molar-refractivity contribution >= 4 is 17.1 Å². The molecule has 1 aliphatic rings. The van der Waals surface area contributed by atoms with Gasteiger partial charge in [0.25, 0.3) is 5.56 Å². The minimum atomic E-state index is -1.22. The molecule has 3 atom stereocenters. The maximum absolute atomic E-state index is 11.8. The number of H-pyrrole nitrogens is 1. The molecule has 10 nitrogen and oxygen atoms in total. The van der Waals surface area contributed by atoms with Crippen LogP contribution in [-0.2, 0) is 9.47 Å². The van der Waals surface area contributed by atoms with Gasteiger partial charge in [0.15, 0.2) is 11.2 Å². The molecule has 3 heterocycles. The van der Waals surface area contributed by atoms with E-state index in [1.165, 1.54) is 6.33 Å². The lowest BCUT2D eigenvalue weighted by atomic mass is 10.0. The summed E-state index contributed by atoms with van der Waals surface area (Å²) in [6, 6.07) is 0. The average Bonchev–Trinajstić information content (AvgIpc) is 3.09. The van der Waals surface area contributed by atoms with Gasteiger partial charge in [0, 0.05) is 0 Å². The van der Waals surface area contributed by atoms with Crippen LogP contribution in [0.3, 0.4) is 0 Å². The Balaban J connectivity index is 2.00. The number of aliphatic hydroxyl groups is 2. The Hall–Kier alpha value is -2.01. The fourth-order valence-corrected chi connectivity index (χ4v) is 2.65. The summed E-state index contributed by atoms with van der Waals surface area (Å²) in [6.45, 7) is 1.63. The van der Waals surface area contributed by atoms with Crippen LogP contribution in [0.4, 0.5) is 5.95 Å². The molecule has 0 aromatic carbocycles. The maximum atomic E-state index is 11.8. The molecule has 0 bridgehead atoms. The molecule has 5 N–H and O–H groups in total. The van der Waals surface area contributed by atoms with E-state index >= 15 is 0 Å². The predicted molar refractivity (Wildman–Crippen MR) is 79.6 cm³/mol. The molecule has 3 rings (SSSR count). The first-order chi connectivity index (χ1) is 11.0. The van der Waals surface area contributed by atoms with E-state index in [1.54, 1.807) is 4.57 Å². The van der Waals surface area contributed by atoms with Gasteiger partial charge in [-0.2, -0.15) is 4.98 Å². The molecule has 0 radical (unpaired) electrons. The Morgan fingerprint density at radius 2 is 2.48 bits per heavy atom. The molecular formula is C13H19N5O5. The van der Waals surface area contributed by atoms with Crippen molar-refractivity contribution in [3.63, 3.8) is 0 Å². The Labute approximate surface area is 130 Å². The highest BCUT2D eigenvalue weighted by Gasteiger charge is 2.46. The van der Waals surface area contributed by atoms with Gasteiger partial charge < -0.3 is 25.4 Å². The Bertz CT molecular complexity index is 759. The van der Waals surface area contributed by atoms with E-state index < -0.39 is 30.1 Å². The topological polar surface area (TPSA) is 149 Å². The smallest absolute Gasteiger partial charge is 0.280 e. The molecule has 1 fully saturated rings. The van der Waals surface area contributed by atoms with Crippen molar-refractivity contribution in [1.82, 2.24) is 19.5 Å². The summed E-state index contributed by atoms with van der Waals surface area (Å²) in [4.78, 5) is 22.4. The zero-order valence-electron chi connectivity index (χ0n) is 12.6. The normalized spacial score (nSPS) is 26.0. The lowest BCUT2D eigenvalue weighted by molar-refractivity contribution is -0.179. The van der Waals surface area contributed by atoms with Crippen molar-refractivity contribution in [3.05, 3.63) is 16.7 Å². The van der Waals surface area contributed by atoms with Crippen LogP contribution in [0.15, 0.2) is 11.1 Å². The number of nitrogens with two attached hydrogens (primary N) is 1. The number of nitrogen functional groups attached to an aromatic ring is 1. The van der Waals surface area contributed by atoms with Gasteiger partial charge in [-0.1, -0.05) is 6.92 Å². The van der Waals surface area contributed by atoms with Gasteiger partial charge in [-0.3, -0.25) is 14.3 Å². The van der Waals surface area contributed by atoms with Gasteiger partial charge >= 0.3 is 0 Å².